The van der Waals surface area contributed by atoms with Crippen LogP contribution in [0.15, 0.2) is 29.2 Å². The fraction of sp³-hybridized carbons (Fsp3) is 0.760. The molecule has 3 rings (SSSR count). The largest absolute Gasteiger partial charge is 0.416 e. The third-order valence-electron chi connectivity index (χ3n) is 7.42. The summed E-state index contributed by atoms with van der Waals surface area (Å²) in [6.07, 6.45) is 3.66. The Morgan fingerprint density at radius 3 is 2.34 bits per heavy atom. The van der Waals surface area contributed by atoms with Gasteiger partial charge in [0.1, 0.15) is 0 Å². The molecule has 1 N–H and O–H groups in total. The minimum absolute atomic E-state index is 0.119. The normalized spacial score (nSPS) is 24.3. The Kier molecular flexibility index (Phi) is 10.4. The van der Waals surface area contributed by atoms with Gasteiger partial charge in [0.15, 0.2) is 0 Å². The van der Waals surface area contributed by atoms with Crippen molar-refractivity contribution in [2.24, 2.45) is 11.8 Å². The second-order valence-electron chi connectivity index (χ2n) is 9.99. The zero-order valence-electron chi connectivity index (χ0n) is 20.5. The molecule has 200 valence electrons. The van der Waals surface area contributed by atoms with Crippen molar-refractivity contribution in [2.45, 2.75) is 68.5 Å². The van der Waals surface area contributed by atoms with E-state index in [9.17, 15) is 26.7 Å². The van der Waals surface area contributed by atoms with Crippen molar-refractivity contribution in [1.29, 1.82) is 0 Å². The zero-order chi connectivity index (χ0) is 25.5. The number of hydrogen-bond donors (Lipinski definition) is 1. The molecule has 0 bridgehead atoms. The zero-order valence-corrected chi connectivity index (χ0v) is 21.4. The number of alkyl halides is 3. The van der Waals surface area contributed by atoms with Crippen molar-refractivity contribution in [3.63, 3.8) is 0 Å². The third-order valence-corrected chi connectivity index (χ3v) is 9.26. The summed E-state index contributed by atoms with van der Waals surface area (Å²) in [6, 6.07) is 4.00. The van der Waals surface area contributed by atoms with Gasteiger partial charge < -0.3 is 9.84 Å². The van der Waals surface area contributed by atoms with Crippen LogP contribution in [-0.4, -0.2) is 75.3 Å². The Bertz CT molecular complexity index is 872. The summed E-state index contributed by atoms with van der Waals surface area (Å²) in [7, 11) is -2.33. The Labute approximate surface area is 207 Å². The second kappa shape index (κ2) is 12.9. The van der Waals surface area contributed by atoms with Crippen molar-refractivity contribution in [3.8, 4) is 0 Å². The van der Waals surface area contributed by atoms with Gasteiger partial charge in [0.25, 0.3) is 0 Å². The number of halogens is 3. The minimum atomic E-state index is -4.49. The molecule has 1 saturated heterocycles. The first-order valence-electron chi connectivity index (χ1n) is 12.7. The van der Waals surface area contributed by atoms with Crippen LogP contribution in [-0.2, 0) is 20.9 Å². The van der Waals surface area contributed by atoms with E-state index >= 15 is 0 Å². The Hall–Kier alpha value is -1.20. The molecule has 6 nitrogen and oxygen atoms in total. The molecule has 0 aromatic heterocycles. The second-order valence-corrected chi connectivity index (χ2v) is 12.0. The maximum atomic E-state index is 12.8. The molecule has 1 aliphatic heterocycles. The molecular formula is C25H39F3N2O4S. The van der Waals surface area contributed by atoms with Gasteiger partial charge in [-0.25, -0.2) is 12.7 Å². The summed E-state index contributed by atoms with van der Waals surface area (Å²) < 4.78 is 71.0. The lowest BCUT2D eigenvalue weighted by Gasteiger charge is -2.31. The van der Waals surface area contributed by atoms with Crippen molar-refractivity contribution < 1.29 is 31.4 Å². The van der Waals surface area contributed by atoms with E-state index in [4.69, 9.17) is 4.74 Å². The lowest BCUT2D eigenvalue weighted by Crippen LogP contribution is -2.34. The van der Waals surface area contributed by atoms with Crippen LogP contribution in [0.25, 0.3) is 0 Å². The fourth-order valence-corrected chi connectivity index (χ4v) is 6.45. The van der Waals surface area contributed by atoms with Crippen LogP contribution >= 0.6 is 0 Å². The van der Waals surface area contributed by atoms with Crippen molar-refractivity contribution in [1.82, 2.24) is 9.21 Å². The molecule has 1 aliphatic carbocycles. The van der Waals surface area contributed by atoms with Crippen LogP contribution in [0.4, 0.5) is 13.2 Å². The molecule has 1 aromatic rings. The first kappa shape index (κ1) is 28.4. The van der Waals surface area contributed by atoms with Gasteiger partial charge in [0.05, 0.1) is 17.1 Å². The number of rotatable bonds is 12. The average molecular weight is 521 g/mol. The summed E-state index contributed by atoms with van der Waals surface area (Å²) >= 11 is 0. The van der Waals surface area contributed by atoms with Crippen molar-refractivity contribution >= 4 is 10.0 Å². The van der Waals surface area contributed by atoms with Crippen LogP contribution in [0.3, 0.4) is 0 Å². The number of aliphatic hydroxyl groups is 1. The minimum Gasteiger partial charge on any atom is -0.395 e. The summed E-state index contributed by atoms with van der Waals surface area (Å²) in [5.41, 5.74) is -0.860. The molecule has 1 heterocycles. The molecule has 10 heteroatoms. The van der Waals surface area contributed by atoms with Gasteiger partial charge in [0, 0.05) is 32.8 Å². The molecule has 1 atom stereocenters. The molecule has 2 fully saturated rings. The number of aliphatic hydroxyl groups excluding tert-OH is 1. The first-order chi connectivity index (χ1) is 16.6. The van der Waals surface area contributed by atoms with Gasteiger partial charge in [-0.3, -0.25) is 4.90 Å². The van der Waals surface area contributed by atoms with E-state index in [-0.39, 0.29) is 17.4 Å². The van der Waals surface area contributed by atoms with Gasteiger partial charge in [-0.1, -0.05) is 0 Å². The number of hydrogen-bond acceptors (Lipinski definition) is 5. The molecule has 0 spiro atoms. The van der Waals surface area contributed by atoms with Gasteiger partial charge in [-0.2, -0.15) is 13.2 Å². The van der Waals surface area contributed by atoms with Crippen LogP contribution in [0.1, 0.15) is 56.9 Å². The smallest absolute Gasteiger partial charge is 0.395 e. The van der Waals surface area contributed by atoms with Crippen molar-refractivity contribution in [2.75, 3.05) is 46.5 Å². The molecule has 35 heavy (non-hydrogen) atoms. The summed E-state index contributed by atoms with van der Waals surface area (Å²) in [6.45, 7) is 4.18. The predicted octanol–water partition coefficient (Wildman–Crippen LogP) is 4.39. The maximum absolute atomic E-state index is 12.8. The van der Waals surface area contributed by atoms with E-state index in [0.717, 1.165) is 95.5 Å². The SMILES string of the molecule is CN(CC1CCC(COCCCCN2CCC[C@H]2CO)CC1)S(=O)(=O)c1ccc(C(F)(F)F)cc1. The molecule has 0 amide bonds. The number of nitrogens with zero attached hydrogens (tertiary/aromatic N) is 2. The summed E-state index contributed by atoms with van der Waals surface area (Å²) in [4.78, 5) is 2.25. The molecule has 2 aliphatic rings. The van der Waals surface area contributed by atoms with Gasteiger partial charge >= 0.3 is 6.18 Å². The number of likely N-dealkylation sites (tertiary alicyclic amines) is 1. The summed E-state index contributed by atoms with van der Waals surface area (Å²) in [5.74, 6) is 0.723. The number of benzene rings is 1. The van der Waals surface area contributed by atoms with E-state index in [1.807, 2.05) is 0 Å². The third kappa shape index (κ3) is 8.15. The van der Waals surface area contributed by atoms with Crippen LogP contribution in [0.5, 0.6) is 0 Å². The highest BCUT2D eigenvalue weighted by Crippen LogP contribution is 2.32. The fourth-order valence-electron chi connectivity index (χ4n) is 5.20. The van der Waals surface area contributed by atoms with Gasteiger partial charge in [0.2, 0.25) is 10.0 Å². The quantitative estimate of drug-likeness (QED) is 0.414. The Morgan fingerprint density at radius 2 is 1.71 bits per heavy atom. The first-order valence-corrected chi connectivity index (χ1v) is 14.1. The molecule has 0 radical (unpaired) electrons. The van der Waals surface area contributed by atoms with Gasteiger partial charge in [-0.05, 0) is 101 Å². The molecule has 0 unspecified atom stereocenters. The van der Waals surface area contributed by atoms with Crippen LogP contribution < -0.4 is 0 Å². The van der Waals surface area contributed by atoms with E-state index in [1.165, 1.54) is 17.8 Å². The Morgan fingerprint density at radius 1 is 1.06 bits per heavy atom. The Balaban J connectivity index is 1.32. The lowest BCUT2D eigenvalue weighted by atomic mass is 9.82. The maximum Gasteiger partial charge on any atom is 0.416 e. The number of unbranched alkanes of at least 4 members (excludes halogenated alkanes) is 1. The molecular weight excluding hydrogens is 481 g/mol. The highest BCUT2D eigenvalue weighted by Gasteiger charge is 2.32. The van der Waals surface area contributed by atoms with Gasteiger partial charge in [-0.15, -0.1) is 0 Å². The summed E-state index contributed by atoms with van der Waals surface area (Å²) in [5, 5.41) is 9.38. The lowest BCUT2D eigenvalue weighted by molar-refractivity contribution is -0.137. The monoisotopic (exact) mass is 520 g/mol. The standard InChI is InChI=1S/C25H39F3N2O4S/c1-29(35(32,33)24-12-10-22(11-13-24)25(26,27)28)17-20-6-8-21(9-7-20)19-34-16-3-2-14-30-15-4-5-23(30)18-31/h10-13,20-21,23,31H,2-9,14-19H2,1H3/t20?,21?,23-/m0/s1. The van der Waals surface area contributed by atoms with Crippen molar-refractivity contribution in [3.05, 3.63) is 29.8 Å². The predicted molar refractivity (Wildman–Crippen MR) is 128 cm³/mol. The average Bonchev–Trinajstić information content (AvgIpc) is 3.29. The van der Waals surface area contributed by atoms with Crippen LogP contribution in [0, 0.1) is 11.8 Å². The highest BCUT2D eigenvalue weighted by molar-refractivity contribution is 7.89. The van der Waals surface area contributed by atoms with E-state index in [0.29, 0.717) is 18.5 Å². The molecule has 1 aromatic carbocycles. The number of sulfonamides is 1. The van der Waals surface area contributed by atoms with Crippen LogP contribution in [0.2, 0.25) is 0 Å². The highest BCUT2D eigenvalue weighted by atomic mass is 32.2. The van der Waals surface area contributed by atoms with E-state index < -0.39 is 21.8 Å². The van der Waals surface area contributed by atoms with E-state index in [2.05, 4.69) is 4.90 Å². The molecule has 1 saturated carbocycles. The topological polar surface area (TPSA) is 70.1 Å². The number of ether oxygens (including phenoxy) is 1. The van der Waals surface area contributed by atoms with E-state index in [1.54, 1.807) is 0 Å².